The second kappa shape index (κ2) is 4.48. The highest BCUT2D eigenvalue weighted by Crippen LogP contribution is 2.28. The molecule has 1 aromatic rings. The zero-order valence-electron chi connectivity index (χ0n) is 7.46. The second-order valence-electron chi connectivity index (χ2n) is 2.93. The average Bonchev–Trinajstić information content (AvgIpc) is 2.19. The van der Waals surface area contributed by atoms with Crippen LogP contribution in [0, 0.1) is 0 Å². The molecule has 0 amide bonds. The molecule has 0 fully saturated rings. The Morgan fingerprint density at radius 2 is 1.93 bits per heavy atom. The van der Waals surface area contributed by atoms with Crippen LogP contribution in [0.3, 0.4) is 0 Å². The van der Waals surface area contributed by atoms with Gasteiger partial charge in [-0.1, -0.05) is 11.6 Å². The van der Waals surface area contributed by atoms with Crippen molar-refractivity contribution in [2.24, 2.45) is 0 Å². The Kier molecular flexibility index (Phi) is 3.52. The van der Waals surface area contributed by atoms with Crippen LogP contribution in [0.2, 0.25) is 5.02 Å². The summed E-state index contributed by atoms with van der Waals surface area (Å²) in [6.07, 6.45) is -3.66. The summed E-state index contributed by atoms with van der Waals surface area (Å²) in [6.45, 7) is 0. The average molecular weight is 233 g/mol. The van der Waals surface area contributed by atoms with Crippen molar-refractivity contribution in [2.45, 2.75) is 12.2 Å². The molecule has 0 saturated carbocycles. The molecule has 1 rings (SSSR count). The highest BCUT2D eigenvalue weighted by Gasteiger charge is 2.26. The summed E-state index contributed by atoms with van der Waals surface area (Å²) in [5, 5.41) is 36.1. The highest BCUT2D eigenvalue weighted by molar-refractivity contribution is 6.31. The molecule has 2 unspecified atom stereocenters. The van der Waals surface area contributed by atoms with Crippen molar-refractivity contribution in [2.75, 3.05) is 0 Å². The van der Waals surface area contributed by atoms with Crippen molar-refractivity contribution in [3.63, 3.8) is 0 Å². The van der Waals surface area contributed by atoms with E-state index in [-0.39, 0.29) is 16.3 Å². The minimum Gasteiger partial charge on any atom is -0.508 e. The number of aromatic hydroxyl groups is 1. The molecule has 0 spiro atoms. The van der Waals surface area contributed by atoms with E-state index in [0.29, 0.717) is 0 Å². The van der Waals surface area contributed by atoms with E-state index < -0.39 is 18.2 Å². The van der Waals surface area contributed by atoms with Gasteiger partial charge >= 0.3 is 5.97 Å². The lowest BCUT2D eigenvalue weighted by atomic mass is 10.0. The molecule has 0 aliphatic rings. The van der Waals surface area contributed by atoms with Gasteiger partial charge in [0.25, 0.3) is 0 Å². The lowest BCUT2D eigenvalue weighted by molar-refractivity contribution is -0.153. The predicted molar refractivity (Wildman–Crippen MR) is 51.7 cm³/mol. The van der Waals surface area contributed by atoms with Gasteiger partial charge in [0.2, 0.25) is 0 Å². The molecule has 0 aromatic heterocycles. The van der Waals surface area contributed by atoms with Crippen molar-refractivity contribution >= 4 is 17.6 Å². The smallest absolute Gasteiger partial charge is 0.335 e. The van der Waals surface area contributed by atoms with Gasteiger partial charge in [-0.2, -0.15) is 0 Å². The molecule has 82 valence electrons. The largest absolute Gasteiger partial charge is 0.508 e. The van der Waals surface area contributed by atoms with Crippen molar-refractivity contribution < 1.29 is 25.2 Å². The molecule has 0 aliphatic carbocycles. The molecule has 0 bridgehead atoms. The van der Waals surface area contributed by atoms with E-state index >= 15 is 0 Å². The van der Waals surface area contributed by atoms with Crippen LogP contribution in [0.25, 0.3) is 0 Å². The van der Waals surface area contributed by atoms with Gasteiger partial charge in [0.15, 0.2) is 6.10 Å². The Bertz CT molecular complexity index is 379. The maximum Gasteiger partial charge on any atom is 0.335 e. The fourth-order valence-electron chi connectivity index (χ4n) is 1.06. The van der Waals surface area contributed by atoms with Crippen LogP contribution >= 0.6 is 11.6 Å². The lowest BCUT2D eigenvalue weighted by Crippen LogP contribution is -2.27. The lowest BCUT2D eigenvalue weighted by Gasteiger charge is -2.15. The molecule has 6 heteroatoms. The molecule has 0 heterocycles. The summed E-state index contributed by atoms with van der Waals surface area (Å²) >= 11 is 5.66. The number of halogens is 1. The van der Waals surface area contributed by atoms with Crippen molar-refractivity contribution in [1.29, 1.82) is 0 Å². The summed E-state index contributed by atoms with van der Waals surface area (Å²) in [4.78, 5) is 10.4. The minimum absolute atomic E-state index is 0.0356. The molecule has 0 radical (unpaired) electrons. The Hall–Kier alpha value is -1.30. The Labute approximate surface area is 90.2 Å². The van der Waals surface area contributed by atoms with Crippen LogP contribution in [-0.4, -0.2) is 32.5 Å². The van der Waals surface area contributed by atoms with Crippen LogP contribution < -0.4 is 0 Å². The number of hydrogen-bond acceptors (Lipinski definition) is 4. The van der Waals surface area contributed by atoms with E-state index in [1.54, 1.807) is 0 Å². The molecule has 5 nitrogen and oxygen atoms in total. The first-order valence-corrected chi connectivity index (χ1v) is 4.38. The first-order chi connectivity index (χ1) is 6.93. The first-order valence-electron chi connectivity index (χ1n) is 4.01. The number of hydrogen-bond donors (Lipinski definition) is 4. The number of rotatable bonds is 3. The Morgan fingerprint density at radius 1 is 1.33 bits per heavy atom. The van der Waals surface area contributed by atoms with Gasteiger partial charge in [-0.3, -0.25) is 0 Å². The normalized spacial score (nSPS) is 14.6. The van der Waals surface area contributed by atoms with Crippen molar-refractivity contribution in [3.8, 4) is 5.75 Å². The molecule has 0 saturated heterocycles. The highest BCUT2D eigenvalue weighted by atomic mass is 35.5. The van der Waals surface area contributed by atoms with Gasteiger partial charge in [-0.05, 0) is 18.2 Å². The number of phenolic OH excluding ortho intramolecular Hbond substituents is 1. The zero-order valence-corrected chi connectivity index (χ0v) is 8.22. The maximum atomic E-state index is 10.4. The van der Waals surface area contributed by atoms with Crippen LogP contribution in [0.4, 0.5) is 0 Å². The third-order valence-electron chi connectivity index (χ3n) is 1.85. The number of benzene rings is 1. The van der Waals surface area contributed by atoms with Gasteiger partial charge in [0, 0.05) is 10.6 Å². The standard InChI is InChI=1S/C9H9ClO5/c10-6-2-1-4(11)3-5(6)7(12)8(13)9(14)15/h1-3,7-8,11-13H,(H,14,15). The Balaban J connectivity index is 3.04. The van der Waals surface area contributed by atoms with E-state index in [2.05, 4.69) is 0 Å². The van der Waals surface area contributed by atoms with Gasteiger partial charge in [-0.25, -0.2) is 4.79 Å². The summed E-state index contributed by atoms with van der Waals surface area (Å²) in [5.74, 6) is -1.74. The first kappa shape index (κ1) is 11.8. The van der Waals surface area contributed by atoms with Gasteiger partial charge in [0.1, 0.15) is 11.9 Å². The van der Waals surface area contributed by atoms with Crippen LogP contribution in [-0.2, 0) is 4.79 Å². The summed E-state index contributed by atoms with van der Waals surface area (Å²) in [6, 6.07) is 3.68. The molecule has 4 N–H and O–H groups in total. The summed E-state index contributed by atoms with van der Waals surface area (Å²) in [5.41, 5.74) is -0.0356. The van der Waals surface area contributed by atoms with Crippen molar-refractivity contribution in [3.05, 3.63) is 28.8 Å². The van der Waals surface area contributed by atoms with Gasteiger partial charge in [-0.15, -0.1) is 0 Å². The van der Waals surface area contributed by atoms with E-state index in [0.717, 1.165) is 6.07 Å². The second-order valence-corrected chi connectivity index (χ2v) is 3.34. The summed E-state index contributed by atoms with van der Waals surface area (Å²) < 4.78 is 0. The monoisotopic (exact) mass is 232 g/mol. The third kappa shape index (κ3) is 2.59. The molecule has 1 aromatic carbocycles. The number of aliphatic hydroxyl groups is 2. The van der Waals surface area contributed by atoms with Crippen LogP contribution in [0.1, 0.15) is 11.7 Å². The number of phenols is 1. The molecule has 15 heavy (non-hydrogen) atoms. The van der Waals surface area contributed by atoms with Crippen LogP contribution in [0.5, 0.6) is 5.75 Å². The number of aliphatic carboxylic acids is 1. The van der Waals surface area contributed by atoms with E-state index in [4.69, 9.17) is 26.9 Å². The van der Waals surface area contributed by atoms with Crippen LogP contribution in [0.15, 0.2) is 18.2 Å². The predicted octanol–water partition coefficient (Wildman–Crippen LogP) is 0.524. The van der Waals surface area contributed by atoms with Crippen molar-refractivity contribution in [1.82, 2.24) is 0 Å². The molecular formula is C9H9ClO5. The summed E-state index contributed by atoms with van der Waals surface area (Å²) in [7, 11) is 0. The Morgan fingerprint density at radius 3 is 2.47 bits per heavy atom. The van der Waals surface area contributed by atoms with E-state index in [9.17, 15) is 9.90 Å². The fourth-order valence-corrected chi connectivity index (χ4v) is 1.29. The maximum absolute atomic E-state index is 10.4. The number of carboxylic acids is 1. The molecule has 0 aliphatic heterocycles. The third-order valence-corrected chi connectivity index (χ3v) is 2.19. The zero-order chi connectivity index (χ0) is 11.6. The van der Waals surface area contributed by atoms with E-state index in [1.807, 2.05) is 0 Å². The number of carboxylic acid groups (broad SMARTS) is 1. The molecule has 2 atom stereocenters. The topological polar surface area (TPSA) is 98.0 Å². The fraction of sp³-hybridized carbons (Fsp3) is 0.222. The van der Waals surface area contributed by atoms with Gasteiger partial charge < -0.3 is 20.4 Å². The van der Waals surface area contributed by atoms with E-state index in [1.165, 1.54) is 12.1 Å². The minimum atomic E-state index is -1.98. The number of aliphatic hydroxyl groups excluding tert-OH is 2. The quantitative estimate of drug-likeness (QED) is 0.609. The SMILES string of the molecule is O=C(O)C(O)C(O)c1cc(O)ccc1Cl. The number of carbonyl (C=O) groups is 1. The van der Waals surface area contributed by atoms with Gasteiger partial charge in [0.05, 0.1) is 0 Å². The molecular weight excluding hydrogens is 224 g/mol.